The van der Waals surface area contributed by atoms with Gasteiger partial charge in [0.05, 0.1) is 6.61 Å². The summed E-state index contributed by atoms with van der Waals surface area (Å²) in [5.41, 5.74) is 0.0716. The number of hydrogen-bond donors (Lipinski definition) is 0. The molecule has 0 amide bonds. The maximum atomic E-state index is 12.1. The minimum absolute atomic E-state index is 0.0222. The zero-order valence-electron chi connectivity index (χ0n) is 10.3. The Morgan fingerprint density at radius 3 is 2.75 bits per heavy atom. The number of allylic oxidation sites excluding steroid dienone is 1. The van der Waals surface area contributed by atoms with E-state index < -0.39 is 5.41 Å². The maximum absolute atomic E-state index is 12.1. The Kier molecular flexibility index (Phi) is 3.89. The predicted octanol–water partition coefficient (Wildman–Crippen LogP) is 2.50. The number of Topliss-reactive ketones (excluding diaryl/α,β-unsaturated/α-hetero) is 1. The first-order chi connectivity index (χ1) is 7.41. The molecule has 0 aromatic heterocycles. The van der Waals surface area contributed by atoms with E-state index >= 15 is 0 Å². The van der Waals surface area contributed by atoms with E-state index in [-0.39, 0.29) is 17.7 Å². The van der Waals surface area contributed by atoms with Crippen LogP contribution in [-0.2, 0) is 14.3 Å². The summed E-state index contributed by atoms with van der Waals surface area (Å²) in [6, 6.07) is 0. The van der Waals surface area contributed by atoms with Crippen LogP contribution in [0.3, 0.4) is 0 Å². The molecule has 2 atom stereocenters. The van der Waals surface area contributed by atoms with E-state index in [2.05, 4.69) is 6.58 Å². The normalized spacial score (nSPS) is 29.2. The lowest BCUT2D eigenvalue weighted by molar-refractivity contribution is -0.158. The molecule has 1 rings (SSSR count). The topological polar surface area (TPSA) is 43.4 Å². The Morgan fingerprint density at radius 1 is 1.62 bits per heavy atom. The Morgan fingerprint density at radius 2 is 2.25 bits per heavy atom. The summed E-state index contributed by atoms with van der Waals surface area (Å²) >= 11 is 0. The standard InChI is InChI=1S/C13H20O3/c1-5-16-12(15)13(4)7-6-10(11(13)14)8-9(2)3/h10H,2,5-8H2,1,3-4H3/t10-,13-/m0/s1. The molecule has 0 unspecified atom stereocenters. The van der Waals surface area contributed by atoms with Gasteiger partial charge in [-0.2, -0.15) is 0 Å². The smallest absolute Gasteiger partial charge is 0.319 e. The van der Waals surface area contributed by atoms with Gasteiger partial charge in [0.1, 0.15) is 5.41 Å². The van der Waals surface area contributed by atoms with Crippen molar-refractivity contribution in [3.8, 4) is 0 Å². The van der Waals surface area contributed by atoms with Crippen LogP contribution < -0.4 is 0 Å². The highest BCUT2D eigenvalue weighted by molar-refractivity contribution is 6.06. The average Bonchev–Trinajstić information content (AvgIpc) is 2.47. The van der Waals surface area contributed by atoms with Crippen LogP contribution in [0.1, 0.15) is 40.0 Å². The lowest BCUT2D eigenvalue weighted by atomic mass is 9.85. The summed E-state index contributed by atoms with van der Waals surface area (Å²) in [6.45, 7) is 9.51. The summed E-state index contributed by atoms with van der Waals surface area (Å²) < 4.78 is 4.97. The first kappa shape index (κ1) is 12.9. The van der Waals surface area contributed by atoms with Crippen molar-refractivity contribution in [2.45, 2.75) is 40.0 Å². The molecule has 90 valence electrons. The number of carbonyl (C=O) groups is 2. The Balaban J connectivity index is 2.75. The van der Waals surface area contributed by atoms with Gasteiger partial charge in [-0.3, -0.25) is 9.59 Å². The molecule has 0 N–H and O–H groups in total. The Labute approximate surface area is 96.9 Å². The van der Waals surface area contributed by atoms with Crippen LogP contribution in [0.25, 0.3) is 0 Å². The lowest BCUT2D eigenvalue weighted by Crippen LogP contribution is -2.35. The van der Waals surface area contributed by atoms with Gasteiger partial charge in [-0.05, 0) is 40.0 Å². The van der Waals surface area contributed by atoms with Crippen LogP contribution >= 0.6 is 0 Å². The minimum atomic E-state index is -0.921. The molecule has 0 aromatic carbocycles. The molecule has 0 aliphatic heterocycles. The number of ether oxygens (including phenoxy) is 1. The summed E-state index contributed by atoms with van der Waals surface area (Å²) in [4.78, 5) is 23.9. The van der Waals surface area contributed by atoms with Crippen molar-refractivity contribution in [1.82, 2.24) is 0 Å². The molecule has 0 heterocycles. The second-order valence-electron chi connectivity index (χ2n) is 4.81. The van der Waals surface area contributed by atoms with Crippen LogP contribution in [0, 0.1) is 11.3 Å². The fourth-order valence-electron chi connectivity index (χ4n) is 2.28. The van der Waals surface area contributed by atoms with Gasteiger partial charge >= 0.3 is 5.97 Å². The number of ketones is 1. The molecule has 1 aliphatic carbocycles. The van der Waals surface area contributed by atoms with Gasteiger partial charge in [0.15, 0.2) is 5.78 Å². The van der Waals surface area contributed by atoms with Gasteiger partial charge in [-0.1, -0.05) is 5.57 Å². The summed E-state index contributed by atoms with van der Waals surface area (Å²) in [5, 5.41) is 0. The number of carbonyl (C=O) groups excluding carboxylic acids is 2. The van der Waals surface area contributed by atoms with Gasteiger partial charge < -0.3 is 4.74 Å². The van der Waals surface area contributed by atoms with E-state index in [4.69, 9.17) is 4.74 Å². The van der Waals surface area contributed by atoms with Crippen molar-refractivity contribution >= 4 is 11.8 Å². The van der Waals surface area contributed by atoms with Crippen molar-refractivity contribution < 1.29 is 14.3 Å². The molecule has 0 spiro atoms. The highest BCUT2D eigenvalue weighted by atomic mass is 16.5. The van der Waals surface area contributed by atoms with Gasteiger partial charge in [0.2, 0.25) is 0 Å². The van der Waals surface area contributed by atoms with E-state index in [0.29, 0.717) is 19.4 Å². The summed E-state index contributed by atoms with van der Waals surface area (Å²) in [5.74, 6) is -0.398. The minimum Gasteiger partial charge on any atom is -0.465 e. The molecule has 0 radical (unpaired) electrons. The van der Waals surface area contributed by atoms with Crippen molar-refractivity contribution in [2.24, 2.45) is 11.3 Å². The third-order valence-corrected chi connectivity index (χ3v) is 3.23. The van der Waals surface area contributed by atoms with Crippen LogP contribution in [0.15, 0.2) is 12.2 Å². The van der Waals surface area contributed by atoms with E-state index in [0.717, 1.165) is 12.0 Å². The van der Waals surface area contributed by atoms with Crippen LogP contribution in [0.2, 0.25) is 0 Å². The van der Waals surface area contributed by atoms with Crippen LogP contribution in [0.4, 0.5) is 0 Å². The molecule has 3 heteroatoms. The van der Waals surface area contributed by atoms with Crippen molar-refractivity contribution in [3.05, 3.63) is 12.2 Å². The molecular weight excluding hydrogens is 204 g/mol. The Bertz CT molecular complexity index is 319. The Hall–Kier alpha value is -1.12. The number of rotatable bonds is 4. The highest BCUT2D eigenvalue weighted by Crippen LogP contribution is 2.41. The average molecular weight is 224 g/mol. The largest absolute Gasteiger partial charge is 0.465 e. The van der Waals surface area contributed by atoms with Gasteiger partial charge in [0.25, 0.3) is 0 Å². The van der Waals surface area contributed by atoms with Crippen LogP contribution in [-0.4, -0.2) is 18.4 Å². The molecular formula is C13H20O3. The van der Waals surface area contributed by atoms with Crippen molar-refractivity contribution in [1.29, 1.82) is 0 Å². The molecule has 0 aromatic rings. The monoisotopic (exact) mass is 224 g/mol. The van der Waals surface area contributed by atoms with E-state index in [1.807, 2.05) is 6.92 Å². The number of hydrogen-bond acceptors (Lipinski definition) is 3. The maximum Gasteiger partial charge on any atom is 0.319 e. The third kappa shape index (κ3) is 2.34. The zero-order chi connectivity index (χ0) is 12.3. The SMILES string of the molecule is C=C(C)C[C@@H]1CC[C@](C)(C(=O)OCC)C1=O. The van der Waals surface area contributed by atoms with E-state index in [9.17, 15) is 9.59 Å². The molecule has 1 saturated carbocycles. The first-order valence-corrected chi connectivity index (χ1v) is 5.77. The van der Waals surface area contributed by atoms with Gasteiger partial charge in [-0.15, -0.1) is 6.58 Å². The van der Waals surface area contributed by atoms with E-state index in [1.165, 1.54) is 0 Å². The predicted molar refractivity (Wildman–Crippen MR) is 61.9 cm³/mol. The van der Waals surface area contributed by atoms with Crippen LogP contribution in [0.5, 0.6) is 0 Å². The van der Waals surface area contributed by atoms with Gasteiger partial charge in [-0.25, -0.2) is 0 Å². The zero-order valence-corrected chi connectivity index (χ0v) is 10.3. The highest BCUT2D eigenvalue weighted by Gasteiger charge is 2.50. The molecule has 0 saturated heterocycles. The van der Waals surface area contributed by atoms with Crippen molar-refractivity contribution in [3.63, 3.8) is 0 Å². The molecule has 1 aliphatic rings. The molecule has 16 heavy (non-hydrogen) atoms. The van der Waals surface area contributed by atoms with Crippen molar-refractivity contribution in [2.75, 3.05) is 6.61 Å². The fourth-order valence-corrected chi connectivity index (χ4v) is 2.28. The second-order valence-corrected chi connectivity index (χ2v) is 4.81. The lowest BCUT2D eigenvalue weighted by Gasteiger charge is -2.20. The summed E-state index contributed by atoms with van der Waals surface area (Å²) in [7, 11) is 0. The third-order valence-electron chi connectivity index (χ3n) is 3.23. The summed E-state index contributed by atoms with van der Waals surface area (Å²) in [6.07, 6.45) is 2.05. The quantitative estimate of drug-likeness (QED) is 0.418. The van der Waals surface area contributed by atoms with Gasteiger partial charge in [0, 0.05) is 5.92 Å². The first-order valence-electron chi connectivity index (χ1n) is 5.77. The van der Waals surface area contributed by atoms with E-state index in [1.54, 1.807) is 13.8 Å². The fraction of sp³-hybridized carbons (Fsp3) is 0.692. The molecule has 1 fully saturated rings. The second kappa shape index (κ2) is 4.81. The molecule has 3 nitrogen and oxygen atoms in total. The number of esters is 1. The molecule has 0 bridgehead atoms.